The van der Waals surface area contributed by atoms with Crippen molar-refractivity contribution in [2.24, 2.45) is 0 Å². The number of amides is 1. The van der Waals surface area contributed by atoms with Gasteiger partial charge in [-0.05, 0) is 41.5 Å². The molecular weight excluding hydrogens is 334 g/mol. The fourth-order valence-corrected chi connectivity index (χ4v) is 4.36. The minimum absolute atomic E-state index is 0.286. The maximum absolute atomic E-state index is 12.8. The highest BCUT2D eigenvalue weighted by atomic mass is 16.2. The number of rotatable bonds is 4. The first-order valence-electron chi connectivity index (χ1n) is 9.80. The lowest BCUT2D eigenvalue weighted by Crippen LogP contribution is -2.48. The van der Waals surface area contributed by atoms with Gasteiger partial charge in [-0.1, -0.05) is 42.5 Å². The number of aryl methyl sites for hydroxylation is 1. The molecule has 0 bridgehead atoms. The van der Waals surface area contributed by atoms with Crippen molar-refractivity contribution in [3.8, 4) is 6.07 Å². The molecule has 1 aliphatic carbocycles. The summed E-state index contributed by atoms with van der Waals surface area (Å²) < 4.78 is 0. The number of nitrogens with zero attached hydrogens (tertiary/aromatic N) is 3. The van der Waals surface area contributed by atoms with Crippen LogP contribution in [0.15, 0.2) is 48.5 Å². The normalized spacial score (nSPS) is 19.5. The van der Waals surface area contributed by atoms with Crippen molar-refractivity contribution in [3.63, 3.8) is 0 Å². The largest absolute Gasteiger partial charge is 0.340 e. The van der Waals surface area contributed by atoms with Crippen LogP contribution in [0.4, 0.5) is 0 Å². The molecule has 4 rings (SSSR count). The molecule has 4 heteroatoms. The van der Waals surface area contributed by atoms with Crippen LogP contribution in [-0.2, 0) is 17.8 Å². The molecule has 138 valence electrons. The Morgan fingerprint density at radius 1 is 1.04 bits per heavy atom. The summed E-state index contributed by atoms with van der Waals surface area (Å²) in [6.07, 6.45) is 2.82. The Bertz CT molecular complexity index is 862. The van der Waals surface area contributed by atoms with E-state index in [4.69, 9.17) is 0 Å². The molecule has 0 radical (unpaired) electrons. The summed E-state index contributed by atoms with van der Waals surface area (Å²) in [7, 11) is 0. The van der Waals surface area contributed by atoms with Gasteiger partial charge in [0.2, 0.25) is 5.91 Å². The van der Waals surface area contributed by atoms with E-state index in [0.29, 0.717) is 12.3 Å². The van der Waals surface area contributed by atoms with Gasteiger partial charge in [0.05, 0.1) is 11.6 Å². The molecule has 27 heavy (non-hydrogen) atoms. The zero-order valence-electron chi connectivity index (χ0n) is 15.6. The van der Waals surface area contributed by atoms with Gasteiger partial charge in [0.15, 0.2) is 0 Å². The van der Waals surface area contributed by atoms with Crippen molar-refractivity contribution in [3.05, 3.63) is 70.8 Å². The van der Waals surface area contributed by atoms with Crippen LogP contribution in [0.2, 0.25) is 0 Å². The van der Waals surface area contributed by atoms with E-state index in [1.165, 1.54) is 11.1 Å². The average Bonchev–Trinajstić information content (AvgIpc) is 3.12. The first-order valence-corrected chi connectivity index (χ1v) is 9.80. The predicted octanol–water partition coefficient (Wildman–Crippen LogP) is 3.32. The zero-order valence-corrected chi connectivity index (χ0v) is 15.6. The Labute approximate surface area is 161 Å². The quantitative estimate of drug-likeness (QED) is 0.841. The standard InChI is InChI=1S/C23H25N3O/c24-16-20-6-1-2-7-21(20)17-25-11-13-26(14-12-25)23(27)15-19-10-9-18-5-3-4-8-22(18)19/h1-8,19H,9-15,17H2/t19-/m1/s1. The van der Waals surface area contributed by atoms with Crippen molar-refractivity contribution in [2.75, 3.05) is 26.2 Å². The lowest BCUT2D eigenvalue weighted by atomic mass is 9.97. The van der Waals surface area contributed by atoms with Gasteiger partial charge in [0, 0.05) is 39.1 Å². The molecule has 2 aliphatic rings. The van der Waals surface area contributed by atoms with E-state index < -0.39 is 0 Å². The highest BCUT2D eigenvalue weighted by Crippen LogP contribution is 2.35. The van der Waals surface area contributed by atoms with Crippen LogP contribution in [0.25, 0.3) is 0 Å². The Morgan fingerprint density at radius 3 is 2.59 bits per heavy atom. The fraction of sp³-hybridized carbons (Fsp3) is 0.391. The number of fused-ring (bicyclic) bond motifs is 1. The van der Waals surface area contributed by atoms with Gasteiger partial charge in [-0.2, -0.15) is 5.26 Å². The summed E-state index contributed by atoms with van der Waals surface area (Å²) in [5.74, 6) is 0.669. The van der Waals surface area contributed by atoms with Gasteiger partial charge in [0.1, 0.15) is 0 Å². The number of hydrogen-bond acceptors (Lipinski definition) is 3. The first-order chi connectivity index (χ1) is 13.2. The van der Waals surface area contributed by atoms with Crippen LogP contribution < -0.4 is 0 Å². The summed E-state index contributed by atoms with van der Waals surface area (Å²) in [5, 5.41) is 9.25. The van der Waals surface area contributed by atoms with Crippen LogP contribution in [0.3, 0.4) is 0 Å². The second kappa shape index (κ2) is 7.94. The molecule has 0 aromatic heterocycles. The van der Waals surface area contributed by atoms with E-state index in [1.807, 2.05) is 29.2 Å². The minimum Gasteiger partial charge on any atom is -0.340 e. The molecule has 0 unspecified atom stereocenters. The summed E-state index contributed by atoms with van der Waals surface area (Å²) in [5.41, 5.74) is 4.60. The number of piperazine rings is 1. The Hall–Kier alpha value is -2.64. The number of carbonyl (C=O) groups excluding carboxylic acids is 1. The number of carbonyl (C=O) groups is 1. The first kappa shape index (κ1) is 17.8. The number of hydrogen-bond donors (Lipinski definition) is 0. The molecule has 1 atom stereocenters. The molecule has 2 aromatic rings. The Morgan fingerprint density at radius 2 is 1.78 bits per heavy atom. The number of benzene rings is 2. The molecule has 0 spiro atoms. The van der Waals surface area contributed by atoms with E-state index in [0.717, 1.165) is 56.7 Å². The molecule has 2 aromatic carbocycles. The van der Waals surface area contributed by atoms with Gasteiger partial charge in [-0.15, -0.1) is 0 Å². The van der Waals surface area contributed by atoms with Crippen molar-refractivity contribution >= 4 is 5.91 Å². The molecule has 1 heterocycles. The summed E-state index contributed by atoms with van der Waals surface area (Å²) in [4.78, 5) is 17.2. The lowest BCUT2D eigenvalue weighted by molar-refractivity contribution is -0.133. The van der Waals surface area contributed by atoms with Crippen LogP contribution in [0.5, 0.6) is 0 Å². The SMILES string of the molecule is N#Cc1ccccc1CN1CCN(C(=O)C[C@H]2CCc3ccccc32)CC1. The summed E-state index contributed by atoms with van der Waals surface area (Å²) >= 11 is 0. The van der Waals surface area contributed by atoms with E-state index >= 15 is 0 Å². The summed E-state index contributed by atoms with van der Waals surface area (Å²) in [6, 6.07) is 18.6. The topological polar surface area (TPSA) is 47.3 Å². The van der Waals surface area contributed by atoms with Crippen molar-refractivity contribution in [1.82, 2.24) is 9.80 Å². The molecule has 0 saturated carbocycles. The third-order valence-electron chi connectivity index (χ3n) is 5.93. The maximum Gasteiger partial charge on any atom is 0.223 e. The molecule has 0 N–H and O–H groups in total. The minimum atomic E-state index is 0.286. The van der Waals surface area contributed by atoms with Crippen LogP contribution in [0, 0.1) is 11.3 Å². The molecular formula is C23H25N3O. The number of nitriles is 1. The Balaban J connectivity index is 1.30. The highest BCUT2D eigenvalue weighted by Gasteiger charge is 2.28. The van der Waals surface area contributed by atoms with Crippen molar-refractivity contribution in [1.29, 1.82) is 5.26 Å². The molecule has 4 nitrogen and oxygen atoms in total. The van der Waals surface area contributed by atoms with Crippen LogP contribution in [-0.4, -0.2) is 41.9 Å². The van der Waals surface area contributed by atoms with Gasteiger partial charge in [0.25, 0.3) is 0 Å². The molecule has 1 saturated heterocycles. The fourth-order valence-electron chi connectivity index (χ4n) is 4.36. The van der Waals surface area contributed by atoms with E-state index in [-0.39, 0.29) is 5.91 Å². The van der Waals surface area contributed by atoms with Crippen LogP contribution >= 0.6 is 0 Å². The van der Waals surface area contributed by atoms with Gasteiger partial charge < -0.3 is 4.90 Å². The van der Waals surface area contributed by atoms with Crippen molar-refractivity contribution in [2.45, 2.75) is 31.7 Å². The van der Waals surface area contributed by atoms with Gasteiger partial charge >= 0.3 is 0 Å². The summed E-state index contributed by atoms with van der Waals surface area (Å²) in [6.45, 7) is 4.07. The highest BCUT2D eigenvalue weighted by molar-refractivity contribution is 5.77. The lowest BCUT2D eigenvalue weighted by Gasteiger charge is -2.35. The molecule has 1 fully saturated rings. The zero-order chi connectivity index (χ0) is 18.6. The maximum atomic E-state index is 12.8. The second-order valence-corrected chi connectivity index (χ2v) is 7.56. The van der Waals surface area contributed by atoms with Crippen LogP contribution in [0.1, 0.15) is 41.0 Å². The second-order valence-electron chi connectivity index (χ2n) is 7.56. The van der Waals surface area contributed by atoms with E-state index in [9.17, 15) is 10.1 Å². The predicted molar refractivity (Wildman–Crippen MR) is 105 cm³/mol. The third kappa shape index (κ3) is 3.89. The monoisotopic (exact) mass is 359 g/mol. The van der Waals surface area contributed by atoms with E-state index in [1.54, 1.807) is 0 Å². The van der Waals surface area contributed by atoms with Crippen molar-refractivity contribution < 1.29 is 4.79 Å². The van der Waals surface area contributed by atoms with Gasteiger partial charge in [-0.25, -0.2) is 0 Å². The van der Waals surface area contributed by atoms with Gasteiger partial charge in [-0.3, -0.25) is 9.69 Å². The average molecular weight is 359 g/mol. The third-order valence-corrected chi connectivity index (χ3v) is 5.93. The smallest absolute Gasteiger partial charge is 0.223 e. The molecule has 1 amide bonds. The van der Waals surface area contributed by atoms with E-state index in [2.05, 4.69) is 35.2 Å². The molecule has 1 aliphatic heterocycles. The Kier molecular flexibility index (Phi) is 5.22.